The zero-order valence-corrected chi connectivity index (χ0v) is 33.5. The number of hydrogen-bond acceptors (Lipinski definition) is 13. The van der Waals surface area contributed by atoms with E-state index in [1.807, 2.05) is 45.9 Å². The number of ether oxygens (including phenoxy) is 6. The van der Waals surface area contributed by atoms with Gasteiger partial charge in [-0.15, -0.1) is 0 Å². The average Bonchev–Trinajstić information content (AvgIpc) is 3.72. The summed E-state index contributed by atoms with van der Waals surface area (Å²) in [7, 11) is 0. The number of carbonyl (C=O) groups is 2. The third-order valence-electron chi connectivity index (χ3n) is 15.8. The highest BCUT2D eigenvalue weighted by atomic mass is 16.9. The lowest BCUT2D eigenvalue weighted by Crippen LogP contribution is -2.89. The van der Waals surface area contributed by atoms with Gasteiger partial charge in [0, 0.05) is 41.7 Å². The van der Waals surface area contributed by atoms with Crippen LogP contribution in [0, 0.1) is 47.3 Å². The first-order chi connectivity index (χ1) is 26.9. The molecule has 10 rings (SSSR count). The fraction of sp³-hybridized carbons (Fsp3) is 0.727. The van der Waals surface area contributed by atoms with Crippen molar-refractivity contribution in [3.63, 3.8) is 0 Å². The first kappa shape index (κ1) is 39.7. The molecule has 4 saturated carbocycles. The fourth-order valence-corrected chi connectivity index (χ4v) is 13.0. The van der Waals surface area contributed by atoms with Gasteiger partial charge in [0.15, 0.2) is 0 Å². The van der Waals surface area contributed by atoms with Gasteiger partial charge in [0.05, 0.1) is 17.8 Å². The minimum Gasteiger partial charge on any atom is -0.458 e. The van der Waals surface area contributed by atoms with Crippen LogP contribution >= 0.6 is 0 Å². The first-order valence-electron chi connectivity index (χ1n) is 20.9. The molecule has 10 bridgehead atoms. The molecule has 0 aromatic heterocycles. The zero-order chi connectivity index (χ0) is 40.7. The van der Waals surface area contributed by atoms with Gasteiger partial charge >= 0.3 is 17.9 Å². The van der Waals surface area contributed by atoms with Crippen LogP contribution in [0.5, 0.6) is 0 Å². The van der Waals surface area contributed by atoms with Gasteiger partial charge in [-0.25, -0.2) is 4.79 Å². The van der Waals surface area contributed by atoms with E-state index in [4.69, 9.17) is 28.4 Å². The Bertz CT molecular complexity index is 1830. The Kier molecular flexibility index (Phi) is 9.16. The van der Waals surface area contributed by atoms with Crippen LogP contribution in [-0.4, -0.2) is 109 Å². The Morgan fingerprint density at radius 1 is 0.965 bits per heavy atom. The lowest BCUT2D eigenvalue weighted by atomic mass is 9.49. The van der Waals surface area contributed by atoms with E-state index in [-0.39, 0.29) is 48.9 Å². The maximum atomic E-state index is 13.7. The quantitative estimate of drug-likeness (QED) is 0.216. The number of hydrogen-bond donors (Lipinski definition) is 5. The van der Waals surface area contributed by atoms with Crippen LogP contribution in [0.25, 0.3) is 0 Å². The van der Waals surface area contributed by atoms with Crippen LogP contribution in [0.2, 0.25) is 0 Å². The molecule has 1 unspecified atom stereocenters. The van der Waals surface area contributed by atoms with Crippen molar-refractivity contribution in [3.05, 3.63) is 60.2 Å². The molecule has 5 aliphatic heterocycles. The predicted molar refractivity (Wildman–Crippen MR) is 200 cm³/mol. The smallest absolute Gasteiger partial charge is 0.331 e. The highest BCUT2D eigenvalue weighted by Crippen LogP contribution is 2.75. The van der Waals surface area contributed by atoms with Crippen LogP contribution in [0.1, 0.15) is 79.2 Å². The number of fused-ring (bicyclic) bond motifs is 3. The normalized spacial score (nSPS) is 54.4. The molecule has 4 aliphatic carbocycles. The number of rotatable bonds is 5. The SMILES string of the molecule is CC(C)CC(=O)O[C@H]1/C=C\C=C/C(=O)O[C@H]2[C@@H](C)C[C@@H]3[C@]2(O)[C@H](O)[C@@]2(CO)OC2[C@H]2[C@H]4O[C@]5(c6ccccc6)O[C@@H]([C@@H](C)[C@]32O5)[C@@]4(O)[C@](C)(O)C[C@H]2CC[C@H]1[C@H]2C. The standard InChI is InChI=1S/C44H58O13/c1-22(2)18-32(47)52-29-14-10-11-15-31(46)53-34-23(3)19-30-41(34,50)38(48)40(21-45)36(54-40)33-37-43(51,39(6,49)20-26-16-17-28(29)24(26)4)35-25(5)42(30,33)57-44(55-35,56-37)27-12-8-7-9-13-27/h7-15,22-26,28-30,33-38,45,48-51H,16-21H2,1-6H3/b14-10-,15-11-/t23-,24-,25+,26+,28-,29-,30+,33-,34-,35-,36?,37+,38+,39+,40-,41+,42-,43-,44-/m0/s1. The van der Waals surface area contributed by atoms with E-state index < -0.39 is 107 Å². The summed E-state index contributed by atoms with van der Waals surface area (Å²) in [6.07, 6.45) is 1.15. The Morgan fingerprint density at radius 2 is 1.68 bits per heavy atom. The molecule has 5 heterocycles. The number of esters is 2. The largest absolute Gasteiger partial charge is 0.458 e. The van der Waals surface area contributed by atoms with E-state index in [1.165, 1.54) is 12.2 Å². The van der Waals surface area contributed by atoms with Crippen molar-refractivity contribution >= 4 is 11.9 Å². The number of aliphatic hydroxyl groups excluding tert-OH is 2. The zero-order valence-electron chi connectivity index (χ0n) is 33.5. The van der Waals surface area contributed by atoms with Gasteiger partial charge in [0.2, 0.25) is 0 Å². The lowest BCUT2D eigenvalue weighted by molar-refractivity contribution is -0.595. The Morgan fingerprint density at radius 3 is 2.39 bits per heavy atom. The highest BCUT2D eigenvalue weighted by molar-refractivity contribution is 5.82. The Labute approximate surface area is 333 Å². The molecule has 0 radical (unpaired) electrons. The molecule has 1 spiro atoms. The molecule has 1 aromatic rings. The molecule has 8 fully saturated rings. The van der Waals surface area contributed by atoms with Crippen molar-refractivity contribution in [2.75, 3.05) is 6.61 Å². The lowest BCUT2D eigenvalue weighted by Gasteiger charge is -2.74. The molecular weight excluding hydrogens is 736 g/mol. The van der Waals surface area contributed by atoms with Crippen LogP contribution in [-0.2, 0) is 44.0 Å². The summed E-state index contributed by atoms with van der Waals surface area (Å²) in [6, 6.07) is 9.04. The molecule has 57 heavy (non-hydrogen) atoms. The second kappa shape index (κ2) is 13.1. The summed E-state index contributed by atoms with van der Waals surface area (Å²) in [5.74, 6) is -6.33. The number of benzene rings is 1. The summed E-state index contributed by atoms with van der Waals surface area (Å²) >= 11 is 0. The van der Waals surface area contributed by atoms with Crippen LogP contribution < -0.4 is 0 Å². The molecule has 5 N–H and O–H groups in total. The fourth-order valence-electron chi connectivity index (χ4n) is 13.0. The summed E-state index contributed by atoms with van der Waals surface area (Å²) in [6.45, 7) is 10.6. The minimum absolute atomic E-state index is 0.0620. The Hall–Kier alpha value is -2.72. The third kappa shape index (κ3) is 5.26. The van der Waals surface area contributed by atoms with E-state index in [0.717, 1.165) is 0 Å². The predicted octanol–water partition coefficient (Wildman–Crippen LogP) is 3.04. The Balaban J connectivity index is 1.22. The maximum absolute atomic E-state index is 13.7. The van der Waals surface area contributed by atoms with Crippen molar-refractivity contribution in [2.24, 2.45) is 47.3 Å². The first-order valence-corrected chi connectivity index (χ1v) is 20.9. The van der Waals surface area contributed by atoms with Crippen molar-refractivity contribution < 1.29 is 63.5 Å². The summed E-state index contributed by atoms with van der Waals surface area (Å²) < 4.78 is 39.5. The molecule has 13 nitrogen and oxygen atoms in total. The molecule has 312 valence electrons. The number of aliphatic hydroxyl groups is 5. The van der Waals surface area contributed by atoms with E-state index >= 15 is 0 Å². The monoisotopic (exact) mass is 794 g/mol. The second-order valence-electron chi connectivity index (χ2n) is 19.3. The molecular formula is C44H58O13. The number of carbonyl (C=O) groups excluding carboxylic acids is 2. The maximum Gasteiger partial charge on any atom is 0.331 e. The van der Waals surface area contributed by atoms with Crippen LogP contribution in [0.15, 0.2) is 54.6 Å². The topological polar surface area (TPSA) is 194 Å². The van der Waals surface area contributed by atoms with Gasteiger partial charge in [0.25, 0.3) is 0 Å². The van der Waals surface area contributed by atoms with Crippen molar-refractivity contribution in [1.82, 2.24) is 0 Å². The number of epoxide rings is 1. The second-order valence-corrected chi connectivity index (χ2v) is 19.3. The van der Waals surface area contributed by atoms with Crippen LogP contribution in [0.3, 0.4) is 0 Å². The van der Waals surface area contributed by atoms with Gasteiger partial charge in [-0.3, -0.25) is 4.79 Å². The van der Waals surface area contributed by atoms with Gasteiger partial charge in [0.1, 0.15) is 53.4 Å². The molecule has 19 atom stereocenters. The summed E-state index contributed by atoms with van der Waals surface area (Å²) in [5, 5.41) is 63.3. The van der Waals surface area contributed by atoms with Crippen molar-refractivity contribution in [3.8, 4) is 0 Å². The minimum atomic E-state index is -2.21. The van der Waals surface area contributed by atoms with E-state index in [0.29, 0.717) is 18.4 Å². The molecule has 9 aliphatic rings. The average molecular weight is 795 g/mol. The summed E-state index contributed by atoms with van der Waals surface area (Å²) in [5.41, 5.74) is -8.82. The van der Waals surface area contributed by atoms with E-state index in [2.05, 4.69) is 6.92 Å². The van der Waals surface area contributed by atoms with Crippen molar-refractivity contribution in [1.29, 1.82) is 0 Å². The molecule has 13 heteroatoms. The molecule has 1 aromatic carbocycles. The molecule has 4 saturated heterocycles. The third-order valence-corrected chi connectivity index (χ3v) is 15.8. The van der Waals surface area contributed by atoms with Gasteiger partial charge in [-0.1, -0.05) is 77.1 Å². The summed E-state index contributed by atoms with van der Waals surface area (Å²) in [4.78, 5) is 26.7. The van der Waals surface area contributed by atoms with E-state index in [1.54, 1.807) is 31.2 Å². The van der Waals surface area contributed by atoms with E-state index in [9.17, 15) is 35.1 Å². The molecule has 0 amide bonds. The van der Waals surface area contributed by atoms with Crippen molar-refractivity contribution in [2.45, 2.75) is 144 Å². The van der Waals surface area contributed by atoms with Gasteiger partial charge < -0.3 is 54.0 Å². The van der Waals surface area contributed by atoms with Gasteiger partial charge in [-0.2, -0.15) is 0 Å². The van der Waals surface area contributed by atoms with Gasteiger partial charge in [-0.05, 0) is 62.4 Å². The number of allylic oxidation sites excluding steroid dienone is 2. The highest BCUT2D eigenvalue weighted by Gasteiger charge is 2.91. The van der Waals surface area contributed by atoms with Crippen LogP contribution in [0.4, 0.5) is 0 Å².